The fourth-order valence-electron chi connectivity index (χ4n) is 3.48. The van der Waals surface area contributed by atoms with Crippen LogP contribution in [0.15, 0.2) is 48.5 Å². The number of urea groups is 1. The van der Waals surface area contributed by atoms with Crippen molar-refractivity contribution in [3.63, 3.8) is 0 Å². The minimum Gasteiger partial charge on any atom is -0.324 e. The maximum absolute atomic E-state index is 12.8. The smallest absolute Gasteiger partial charge is 0.321 e. The summed E-state index contributed by atoms with van der Waals surface area (Å²) in [6.07, 6.45) is 1.76. The summed E-state index contributed by atoms with van der Waals surface area (Å²) >= 11 is 7.34. The molecule has 4 rings (SSSR count). The largest absolute Gasteiger partial charge is 0.324 e. The maximum atomic E-state index is 12.8. The van der Waals surface area contributed by atoms with Crippen LogP contribution in [0.2, 0.25) is 5.02 Å². The van der Waals surface area contributed by atoms with E-state index in [1.807, 2.05) is 43.3 Å². The lowest BCUT2D eigenvalue weighted by Crippen LogP contribution is -2.41. The Labute approximate surface area is 189 Å². The molecule has 2 aromatic carbocycles. The van der Waals surface area contributed by atoms with Gasteiger partial charge in [0.1, 0.15) is 5.01 Å². The third-order valence-corrected chi connectivity index (χ3v) is 6.49. The summed E-state index contributed by atoms with van der Waals surface area (Å²) in [5.74, 6) is -0.229. The minimum absolute atomic E-state index is 0.0516. The van der Waals surface area contributed by atoms with Crippen LogP contribution in [-0.2, 0) is 0 Å². The van der Waals surface area contributed by atoms with Crippen molar-refractivity contribution in [3.8, 4) is 0 Å². The summed E-state index contributed by atoms with van der Waals surface area (Å²) in [5.41, 5.74) is 2.36. The van der Waals surface area contributed by atoms with E-state index >= 15 is 0 Å². The number of carbonyl (C=O) groups excluding carboxylic acids is 2. The van der Waals surface area contributed by atoms with Crippen molar-refractivity contribution in [1.82, 2.24) is 15.1 Å². The van der Waals surface area contributed by atoms with Crippen molar-refractivity contribution in [1.29, 1.82) is 0 Å². The molecule has 0 spiro atoms. The number of halogens is 1. The maximum Gasteiger partial charge on any atom is 0.321 e. The lowest BCUT2D eigenvalue weighted by molar-refractivity contribution is 0.102. The minimum atomic E-state index is -0.281. The van der Waals surface area contributed by atoms with E-state index in [1.54, 1.807) is 17.0 Å². The van der Waals surface area contributed by atoms with Gasteiger partial charge in [-0.1, -0.05) is 47.2 Å². The van der Waals surface area contributed by atoms with Crippen LogP contribution in [-0.4, -0.2) is 40.1 Å². The van der Waals surface area contributed by atoms with Gasteiger partial charge in [-0.3, -0.25) is 4.79 Å². The molecule has 0 unspecified atom stereocenters. The van der Waals surface area contributed by atoms with E-state index in [1.165, 1.54) is 11.3 Å². The number of anilines is 2. The molecule has 160 valence electrons. The summed E-state index contributed by atoms with van der Waals surface area (Å²) < 4.78 is 0. The van der Waals surface area contributed by atoms with Crippen LogP contribution < -0.4 is 10.6 Å². The Morgan fingerprint density at radius 1 is 1.13 bits per heavy atom. The lowest BCUT2D eigenvalue weighted by atomic mass is 9.99. The van der Waals surface area contributed by atoms with E-state index in [-0.39, 0.29) is 17.9 Å². The van der Waals surface area contributed by atoms with E-state index in [2.05, 4.69) is 20.8 Å². The average Bonchev–Trinajstić information content (AvgIpc) is 3.28. The quantitative estimate of drug-likeness (QED) is 0.568. The number of carbonyl (C=O) groups is 2. The first-order valence-electron chi connectivity index (χ1n) is 10.0. The normalized spacial score (nSPS) is 16.1. The third kappa shape index (κ3) is 5.21. The van der Waals surface area contributed by atoms with Gasteiger partial charge < -0.3 is 15.5 Å². The van der Waals surface area contributed by atoms with Gasteiger partial charge in [-0.25, -0.2) is 4.79 Å². The molecular weight excluding hydrogens is 434 g/mol. The molecule has 1 atom stereocenters. The van der Waals surface area contributed by atoms with Crippen LogP contribution in [0.25, 0.3) is 0 Å². The summed E-state index contributed by atoms with van der Waals surface area (Å²) in [5, 5.41) is 15.7. The van der Waals surface area contributed by atoms with Gasteiger partial charge in [0.15, 0.2) is 0 Å². The summed E-state index contributed by atoms with van der Waals surface area (Å²) in [7, 11) is 0. The zero-order chi connectivity index (χ0) is 21.8. The Kier molecular flexibility index (Phi) is 6.48. The Hall–Kier alpha value is -2.97. The van der Waals surface area contributed by atoms with Gasteiger partial charge in [-0.15, -0.1) is 10.2 Å². The van der Waals surface area contributed by atoms with Crippen molar-refractivity contribution < 1.29 is 9.59 Å². The topological polar surface area (TPSA) is 87.2 Å². The molecule has 1 fully saturated rings. The summed E-state index contributed by atoms with van der Waals surface area (Å²) in [6, 6.07) is 14.5. The van der Waals surface area contributed by atoms with Gasteiger partial charge in [0, 0.05) is 35.4 Å². The molecule has 2 heterocycles. The second-order valence-corrected chi connectivity index (χ2v) is 8.89. The number of piperidine rings is 1. The number of para-hydroxylation sites is 1. The Bertz CT molecular complexity index is 1090. The van der Waals surface area contributed by atoms with E-state index in [0.29, 0.717) is 34.5 Å². The second kappa shape index (κ2) is 9.45. The molecule has 31 heavy (non-hydrogen) atoms. The fraction of sp³-hybridized carbons (Fsp3) is 0.273. The monoisotopic (exact) mass is 455 g/mol. The highest BCUT2D eigenvalue weighted by Crippen LogP contribution is 2.30. The molecule has 0 radical (unpaired) electrons. The molecule has 1 aliphatic heterocycles. The van der Waals surface area contributed by atoms with Crippen molar-refractivity contribution in [3.05, 3.63) is 69.1 Å². The molecule has 1 aromatic heterocycles. The average molecular weight is 456 g/mol. The SMILES string of the molecule is Cc1ccc(Cl)cc1NC(=O)N1CCC[C@@H](c2nnc(C(=O)Nc3ccccc3)s2)C1. The first-order chi connectivity index (χ1) is 15.0. The molecule has 3 aromatic rings. The van der Waals surface area contributed by atoms with Gasteiger partial charge >= 0.3 is 6.03 Å². The van der Waals surface area contributed by atoms with Crippen LogP contribution in [0.5, 0.6) is 0 Å². The Balaban J connectivity index is 1.40. The number of aromatic nitrogens is 2. The number of hydrogen-bond acceptors (Lipinski definition) is 5. The fourth-order valence-corrected chi connectivity index (χ4v) is 4.52. The molecule has 3 amide bonds. The molecule has 0 bridgehead atoms. The zero-order valence-corrected chi connectivity index (χ0v) is 18.5. The number of rotatable bonds is 4. The van der Waals surface area contributed by atoms with Crippen molar-refractivity contribution in [2.24, 2.45) is 0 Å². The number of nitrogens with zero attached hydrogens (tertiary/aromatic N) is 3. The van der Waals surface area contributed by atoms with Gasteiger partial charge in [0.05, 0.1) is 0 Å². The van der Waals surface area contributed by atoms with Gasteiger partial charge in [-0.05, 0) is 49.6 Å². The number of benzene rings is 2. The predicted octanol–water partition coefficient (Wildman–Crippen LogP) is 5.16. The van der Waals surface area contributed by atoms with Crippen LogP contribution in [0.4, 0.5) is 16.2 Å². The third-order valence-electron chi connectivity index (χ3n) is 5.17. The molecular formula is C22H22ClN5O2S. The molecule has 0 aliphatic carbocycles. The highest BCUT2D eigenvalue weighted by molar-refractivity contribution is 7.13. The number of amides is 3. The summed E-state index contributed by atoms with van der Waals surface area (Å²) in [4.78, 5) is 27.0. The Morgan fingerprint density at radius 2 is 1.94 bits per heavy atom. The van der Waals surface area contributed by atoms with Crippen LogP contribution in [0.1, 0.15) is 39.1 Å². The van der Waals surface area contributed by atoms with Crippen molar-refractivity contribution >= 4 is 46.3 Å². The Morgan fingerprint density at radius 3 is 2.74 bits per heavy atom. The van der Waals surface area contributed by atoms with E-state index < -0.39 is 0 Å². The van der Waals surface area contributed by atoms with Gasteiger partial charge in [0.25, 0.3) is 5.91 Å². The number of aryl methyl sites for hydroxylation is 1. The standard InChI is InChI=1S/C22H22ClN5O2S/c1-14-9-10-16(23)12-18(14)25-22(30)28-11-5-6-15(13-28)20-26-27-21(31-20)19(29)24-17-7-3-2-4-8-17/h2-4,7-10,12,15H,5-6,11,13H2,1H3,(H,24,29)(H,25,30)/t15-/m1/s1. The number of nitrogens with one attached hydrogen (secondary N) is 2. The molecule has 9 heteroatoms. The van der Waals surface area contributed by atoms with E-state index in [9.17, 15) is 9.59 Å². The van der Waals surface area contributed by atoms with Crippen LogP contribution in [0.3, 0.4) is 0 Å². The molecule has 2 N–H and O–H groups in total. The van der Waals surface area contributed by atoms with Crippen LogP contribution in [0, 0.1) is 6.92 Å². The first-order valence-corrected chi connectivity index (χ1v) is 11.2. The molecule has 1 aliphatic rings. The highest BCUT2D eigenvalue weighted by Gasteiger charge is 2.28. The number of hydrogen-bond donors (Lipinski definition) is 2. The van der Waals surface area contributed by atoms with Crippen molar-refractivity contribution in [2.75, 3.05) is 23.7 Å². The first kappa shape index (κ1) is 21.3. The highest BCUT2D eigenvalue weighted by atomic mass is 35.5. The zero-order valence-electron chi connectivity index (χ0n) is 17.0. The van der Waals surface area contributed by atoms with Gasteiger partial charge in [0.2, 0.25) is 5.01 Å². The van der Waals surface area contributed by atoms with E-state index in [0.717, 1.165) is 23.4 Å². The van der Waals surface area contributed by atoms with Gasteiger partial charge in [-0.2, -0.15) is 0 Å². The summed E-state index contributed by atoms with van der Waals surface area (Å²) in [6.45, 7) is 3.12. The number of likely N-dealkylation sites (tertiary alicyclic amines) is 1. The molecule has 0 saturated carbocycles. The lowest BCUT2D eigenvalue weighted by Gasteiger charge is -2.31. The molecule has 1 saturated heterocycles. The molecule has 7 nitrogen and oxygen atoms in total. The second-order valence-electron chi connectivity index (χ2n) is 7.44. The van der Waals surface area contributed by atoms with Crippen molar-refractivity contribution in [2.45, 2.75) is 25.7 Å². The van der Waals surface area contributed by atoms with E-state index in [4.69, 9.17) is 11.6 Å². The predicted molar refractivity (Wildman–Crippen MR) is 123 cm³/mol. The van der Waals surface area contributed by atoms with Crippen LogP contribution >= 0.6 is 22.9 Å².